The summed E-state index contributed by atoms with van der Waals surface area (Å²) < 4.78 is 23.1. The van der Waals surface area contributed by atoms with Gasteiger partial charge < -0.3 is 29.2 Å². The van der Waals surface area contributed by atoms with Crippen LogP contribution in [0.1, 0.15) is 39.0 Å². The number of hydrogen-bond donors (Lipinski definition) is 1. The van der Waals surface area contributed by atoms with Crippen LogP contribution in [0.15, 0.2) is 4.99 Å². The molecular weight excluding hydrogens is 334 g/mol. The molecule has 7 nitrogen and oxygen atoms in total. The Morgan fingerprint density at radius 1 is 1.12 bits per heavy atom. The van der Waals surface area contributed by atoms with Gasteiger partial charge in [-0.3, -0.25) is 4.99 Å². The molecule has 0 radical (unpaired) electrons. The summed E-state index contributed by atoms with van der Waals surface area (Å²) in [6.45, 7) is 9.55. The normalized spacial score (nSPS) is 28.5. The van der Waals surface area contributed by atoms with E-state index in [1.165, 1.54) is 0 Å². The lowest BCUT2D eigenvalue weighted by molar-refractivity contribution is -0.0817. The van der Waals surface area contributed by atoms with Crippen LogP contribution in [-0.2, 0) is 18.9 Å². The van der Waals surface area contributed by atoms with Crippen LogP contribution in [0.2, 0.25) is 0 Å². The standard InChI is InChI=1S/C19H35N3O4/c1-2-20-19(21-8-4-11-24-16-6-12-23-13-7-16)22-9-14-26-18(15-22)17-5-3-10-25-17/h16-18H,2-15H2,1H3,(H,20,21). The maximum absolute atomic E-state index is 5.95. The van der Waals surface area contributed by atoms with E-state index in [-0.39, 0.29) is 12.2 Å². The second kappa shape index (κ2) is 11.1. The van der Waals surface area contributed by atoms with Crippen molar-refractivity contribution in [3.8, 4) is 0 Å². The second-order valence-corrected chi connectivity index (χ2v) is 7.18. The highest BCUT2D eigenvalue weighted by molar-refractivity contribution is 5.80. The fourth-order valence-electron chi connectivity index (χ4n) is 3.76. The Morgan fingerprint density at radius 3 is 2.73 bits per heavy atom. The van der Waals surface area contributed by atoms with Gasteiger partial charge in [-0.1, -0.05) is 0 Å². The van der Waals surface area contributed by atoms with Crippen LogP contribution in [0.3, 0.4) is 0 Å². The summed E-state index contributed by atoms with van der Waals surface area (Å²) in [7, 11) is 0. The van der Waals surface area contributed by atoms with Crippen molar-refractivity contribution in [2.24, 2.45) is 4.99 Å². The zero-order valence-electron chi connectivity index (χ0n) is 16.2. The van der Waals surface area contributed by atoms with Gasteiger partial charge >= 0.3 is 0 Å². The van der Waals surface area contributed by atoms with Gasteiger partial charge in [-0.25, -0.2) is 0 Å². The molecule has 0 aromatic rings. The predicted octanol–water partition coefficient (Wildman–Crippen LogP) is 1.42. The van der Waals surface area contributed by atoms with E-state index in [4.69, 9.17) is 23.9 Å². The Bertz CT molecular complexity index is 423. The van der Waals surface area contributed by atoms with Gasteiger partial charge in [0.15, 0.2) is 5.96 Å². The highest BCUT2D eigenvalue weighted by atomic mass is 16.5. The largest absolute Gasteiger partial charge is 0.381 e. The molecule has 1 N–H and O–H groups in total. The van der Waals surface area contributed by atoms with Crippen LogP contribution >= 0.6 is 0 Å². The molecule has 3 aliphatic rings. The topological polar surface area (TPSA) is 64.6 Å². The minimum Gasteiger partial charge on any atom is -0.381 e. The first-order valence-electron chi connectivity index (χ1n) is 10.3. The van der Waals surface area contributed by atoms with E-state index >= 15 is 0 Å². The number of guanidine groups is 1. The van der Waals surface area contributed by atoms with Gasteiger partial charge in [-0.2, -0.15) is 0 Å². The maximum atomic E-state index is 5.95. The molecule has 0 aromatic heterocycles. The van der Waals surface area contributed by atoms with Crippen molar-refractivity contribution < 1.29 is 18.9 Å². The number of nitrogens with one attached hydrogen (secondary N) is 1. The quantitative estimate of drug-likeness (QED) is 0.416. The SMILES string of the molecule is CCNC(=NCCCOC1CCOCC1)N1CCOC(C2CCCO2)C1. The molecule has 0 aromatic carbocycles. The molecule has 0 amide bonds. The Hall–Kier alpha value is -0.890. The molecule has 0 saturated carbocycles. The zero-order valence-corrected chi connectivity index (χ0v) is 16.2. The average Bonchev–Trinajstić information content (AvgIpc) is 3.23. The minimum absolute atomic E-state index is 0.159. The van der Waals surface area contributed by atoms with Gasteiger partial charge in [0.25, 0.3) is 0 Å². The summed E-state index contributed by atoms with van der Waals surface area (Å²) in [4.78, 5) is 7.13. The molecule has 0 bridgehead atoms. The number of rotatable bonds is 7. The van der Waals surface area contributed by atoms with Crippen molar-refractivity contribution in [3.05, 3.63) is 0 Å². The molecule has 3 heterocycles. The van der Waals surface area contributed by atoms with Gasteiger partial charge in [0.1, 0.15) is 6.10 Å². The fraction of sp³-hybridized carbons (Fsp3) is 0.947. The van der Waals surface area contributed by atoms with Crippen LogP contribution in [0.5, 0.6) is 0 Å². The first-order chi connectivity index (χ1) is 12.9. The van der Waals surface area contributed by atoms with Crippen molar-refractivity contribution in [1.82, 2.24) is 10.2 Å². The molecule has 3 saturated heterocycles. The van der Waals surface area contributed by atoms with E-state index in [0.29, 0.717) is 6.10 Å². The molecule has 2 unspecified atom stereocenters. The molecule has 7 heteroatoms. The van der Waals surface area contributed by atoms with Crippen molar-refractivity contribution in [1.29, 1.82) is 0 Å². The van der Waals surface area contributed by atoms with Crippen LogP contribution < -0.4 is 5.32 Å². The number of aliphatic imine (C=N–C) groups is 1. The van der Waals surface area contributed by atoms with Crippen molar-refractivity contribution >= 4 is 5.96 Å². The second-order valence-electron chi connectivity index (χ2n) is 7.18. The predicted molar refractivity (Wildman–Crippen MR) is 101 cm³/mol. The third-order valence-electron chi connectivity index (χ3n) is 5.19. The van der Waals surface area contributed by atoms with Gasteiger partial charge in [0.05, 0.1) is 18.8 Å². The van der Waals surface area contributed by atoms with E-state index in [0.717, 1.165) is 97.3 Å². The van der Waals surface area contributed by atoms with Crippen molar-refractivity contribution in [2.45, 2.75) is 57.3 Å². The lowest BCUT2D eigenvalue weighted by atomic mass is 10.1. The van der Waals surface area contributed by atoms with E-state index in [1.807, 2.05) is 0 Å². The van der Waals surface area contributed by atoms with E-state index < -0.39 is 0 Å². The zero-order chi connectivity index (χ0) is 18.0. The molecule has 2 atom stereocenters. The summed E-state index contributed by atoms with van der Waals surface area (Å²) >= 11 is 0. The molecule has 3 rings (SSSR count). The average molecular weight is 370 g/mol. The van der Waals surface area contributed by atoms with Crippen LogP contribution in [-0.4, -0.2) is 88.4 Å². The Labute approximate surface area is 157 Å². The molecule has 150 valence electrons. The third-order valence-corrected chi connectivity index (χ3v) is 5.19. The van der Waals surface area contributed by atoms with Gasteiger partial charge in [0, 0.05) is 52.6 Å². The first kappa shape index (κ1) is 19.9. The van der Waals surface area contributed by atoms with Crippen LogP contribution in [0, 0.1) is 0 Å². The first-order valence-corrected chi connectivity index (χ1v) is 10.3. The minimum atomic E-state index is 0.159. The monoisotopic (exact) mass is 369 g/mol. The number of nitrogens with zero attached hydrogens (tertiary/aromatic N) is 2. The third kappa shape index (κ3) is 6.08. The summed E-state index contributed by atoms with van der Waals surface area (Å²) in [6.07, 6.45) is 6.01. The van der Waals surface area contributed by atoms with E-state index in [2.05, 4.69) is 17.1 Å². The van der Waals surface area contributed by atoms with Crippen molar-refractivity contribution in [2.75, 3.05) is 59.2 Å². The molecule has 0 spiro atoms. The van der Waals surface area contributed by atoms with Gasteiger partial charge in [-0.15, -0.1) is 0 Å². The smallest absolute Gasteiger partial charge is 0.194 e. The lowest BCUT2D eigenvalue weighted by Crippen LogP contribution is -2.53. The van der Waals surface area contributed by atoms with E-state index in [9.17, 15) is 0 Å². The molecule has 0 aliphatic carbocycles. The molecule has 3 aliphatic heterocycles. The molecular formula is C19H35N3O4. The highest BCUT2D eigenvalue weighted by Crippen LogP contribution is 2.21. The fourth-order valence-corrected chi connectivity index (χ4v) is 3.76. The van der Waals surface area contributed by atoms with Crippen LogP contribution in [0.4, 0.5) is 0 Å². The van der Waals surface area contributed by atoms with Gasteiger partial charge in [-0.05, 0) is 39.0 Å². The lowest BCUT2D eigenvalue weighted by Gasteiger charge is -2.37. The Balaban J connectivity index is 1.41. The maximum Gasteiger partial charge on any atom is 0.194 e. The number of ether oxygens (including phenoxy) is 4. The summed E-state index contributed by atoms with van der Waals surface area (Å²) in [6, 6.07) is 0. The molecule has 3 fully saturated rings. The van der Waals surface area contributed by atoms with E-state index in [1.54, 1.807) is 0 Å². The summed E-state index contributed by atoms with van der Waals surface area (Å²) in [5, 5.41) is 3.43. The number of morpholine rings is 1. The molecule has 26 heavy (non-hydrogen) atoms. The Kier molecular flexibility index (Phi) is 8.45. The Morgan fingerprint density at radius 2 is 1.96 bits per heavy atom. The summed E-state index contributed by atoms with van der Waals surface area (Å²) in [5.41, 5.74) is 0. The van der Waals surface area contributed by atoms with Crippen LogP contribution in [0.25, 0.3) is 0 Å². The summed E-state index contributed by atoms with van der Waals surface area (Å²) in [5.74, 6) is 0.991. The highest BCUT2D eigenvalue weighted by Gasteiger charge is 2.32. The number of hydrogen-bond acceptors (Lipinski definition) is 5. The van der Waals surface area contributed by atoms with Crippen molar-refractivity contribution in [3.63, 3.8) is 0 Å². The van der Waals surface area contributed by atoms with Gasteiger partial charge in [0.2, 0.25) is 0 Å².